The molecular formula is C19H21N5OS. The summed E-state index contributed by atoms with van der Waals surface area (Å²) < 4.78 is 2.05. The predicted molar refractivity (Wildman–Crippen MR) is 104 cm³/mol. The monoisotopic (exact) mass is 367 g/mol. The number of nitrogens with zero attached hydrogens (tertiary/aromatic N) is 3. The molecule has 1 aliphatic rings. The summed E-state index contributed by atoms with van der Waals surface area (Å²) in [5.41, 5.74) is 6.55. The molecule has 0 saturated heterocycles. The Kier molecular flexibility index (Phi) is 4.32. The highest BCUT2D eigenvalue weighted by atomic mass is 32.2. The zero-order chi connectivity index (χ0) is 18.3. The molecule has 0 aliphatic carbocycles. The Hall–Kier alpha value is -2.54. The fraction of sp³-hybridized carbons (Fsp3) is 0.316. The van der Waals surface area contributed by atoms with E-state index in [4.69, 9.17) is 5.10 Å². The lowest BCUT2D eigenvalue weighted by molar-refractivity contribution is -0.113. The number of benzene rings is 1. The Balaban J connectivity index is 1.76. The van der Waals surface area contributed by atoms with E-state index in [1.807, 2.05) is 32.0 Å². The van der Waals surface area contributed by atoms with E-state index in [0.29, 0.717) is 11.6 Å². The van der Waals surface area contributed by atoms with Gasteiger partial charge in [-0.25, -0.2) is 0 Å². The maximum absolute atomic E-state index is 12.0. The summed E-state index contributed by atoms with van der Waals surface area (Å²) >= 11 is 1.63. The normalized spacial score (nSPS) is 16.9. The third kappa shape index (κ3) is 2.92. The molecule has 1 aromatic carbocycles. The molecule has 0 unspecified atom stereocenters. The minimum Gasteiger partial charge on any atom is -0.308 e. The van der Waals surface area contributed by atoms with Crippen molar-refractivity contribution in [2.45, 2.75) is 32.6 Å². The van der Waals surface area contributed by atoms with E-state index < -0.39 is 0 Å². The van der Waals surface area contributed by atoms with Gasteiger partial charge >= 0.3 is 0 Å². The number of H-pyrrole nitrogens is 1. The number of thioether (sulfide) groups is 1. The van der Waals surface area contributed by atoms with Crippen molar-refractivity contribution in [2.75, 3.05) is 11.1 Å². The van der Waals surface area contributed by atoms with Crippen LogP contribution in [0.15, 0.2) is 30.3 Å². The zero-order valence-corrected chi connectivity index (χ0v) is 15.9. The van der Waals surface area contributed by atoms with Crippen LogP contribution < -0.4 is 5.32 Å². The number of hydrogen-bond acceptors (Lipinski definition) is 4. The quantitative estimate of drug-likeness (QED) is 0.744. The number of nitrogens with one attached hydrogen (secondary N) is 2. The summed E-state index contributed by atoms with van der Waals surface area (Å²) in [7, 11) is 0. The number of carbonyl (C=O) groups excluding carboxylic acids is 1. The van der Waals surface area contributed by atoms with E-state index in [1.54, 1.807) is 11.8 Å². The first kappa shape index (κ1) is 16.9. The van der Waals surface area contributed by atoms with Crippen molar-refractivity contribution in [3.05, 3.63) is 64.1 Å². The third-order valence-electron chi connectivity index (χ3n) is 4.77. The number of rotatable bonds is 3. The van der Waals surface area contributed by atoms with E-state index in [1.165, 1.54) is 11.1 Å². The molecule has 6 nitrogen and oxygen atoms in total. The van der Waals surface area contributed by atoms with E-state index in [9.17, 15) is 4.79 Å². The highest BCUT2D eigenvalue weighted by Crippen LogP contribution is 2.44. The summed E-state index contributed by atoms with van der Waals surface area (Å²) in [6.45, 7) is 6.88. The van der Waals surface area contributed by atoms with Crippen LogP contribution in [0, 0.1) is 20.8 Å². The molecule has 0 saturated carbocycles. The maximum Gasteiger partial charge on any atom is 0.235 e. The van der Waals surface area contributed by atoms with E-state index in [2.05, 4.69) is 39.3 Å². The lowest BCUT2D eigenvalue weighted by atomic mass is 10.0. The Morgan fingerprint density at radius 3 is 2.73 bits per heavy atom. The molecule has 0 spiro atoms. The van der Waals surface area contributed by atoms with Gasteiger partial charge in [-0.2, -0.15) is 10.2 Å². The average molecular weight is 367 g/mol. The number of fused-ring (bicyclic) bond motifs is 1. The van der Waals surface area contributed by atoms with Gasteiger partial charge in [-0.1, -0.05) is 30.3 Å². The Labute approximate surface area is 156 Å². The minimum absolute atomic E-state index is 0.0165. The number of anilines is 1. The molecule has 26 heavy (non-hydrogen) atoms. The highest BCUT2D eigenvalue weighted by molar-refractivity contribution is 8.00. The van der Waals surface area contributed by atoms with Crippen LogP contribution in [0.25, 0.3) is 0 Å². The molecule has 3 heterocycles. The van der Waals surface area contributed by atoms with E-state index in [0.717, 1.165) is 29.2 Å². The first-order chi connectivity index (χ1) is 12.5. The van der Waals surface area contributed by atoms with Crippen LogP contribution in [0.1, 0.15) is 39.0 Å². The summed E-state index contributed by atoms with van der Waals surface area (Å²) in [4.78, 5) is 12.0. The smallest absolute Gasteiger partial charge is 0.235 e. The second kappa shape index (κ2) is 6.64. The fourth-order valence-corrected chi connectivity index (χ4v) is 4.85. The second-order valence-corrected chi connectivity index (χ2v) is 7.67. The fourth-order valence-electron chi connectivity index (χ4n) is 3.49. The van der Waals surface area contributed by atoms with Gasteiger partial charge in [-0.15, -0.1) is 11.8 Å². The highest BCUT2D eigenvalue weighted by Gasteiger charge is 2.31. The average Bonchev–Trinajstić information content (AvgIpc) is 3.04. The van der Waals surface area contributed by atoms with Gasteiger partial charge in [0.25, 0.3) is 0 Å². The molecule has 2 aromatic heterocycles. The zero-order valence-electron chi connectivity index (χ0n) is 15.0. The van der Waals surface area contributed by atoms with Gasteiger partial charge in [0.2, 0.25) is 5.91 Å². The maximum atomic E-state index is 12.0. The van der Waals surface area contributed by atoms with Crippen LogP contribution >= 0.6 is 11.8 Å². The van der Waals surface area contributed by atoms with Gasteiger partial charge in [-0.3, -0.25) is 14.6 Å². The van der Waals surface area contributed by atoms with Gasteiger partial charge in [-0.05, 0) is 26.3 Å². The molecule has 0 radical (unpaired) electrons. The van der Waals surface area contributed by atoms with Crippen LogP contribution in [-0.4, -0.2) is 31.6 Å². The van der Waals surface area contributed by atoms with Crippen LogP contribution in [0.3, 0.4) is 0 Å². The number of aromatic nitrogens is 4. The van der Waals surface area contributed by atoms with Gasteiger partial charge in [0.15, 0.2) is 5.82 Å². The molecule has 2 N–H and O–H groups in total. The largest absolute Gasteiger partial charge is 0.308 e. The second-order valence-electron chi connectivity index (χ2n) is 6.58. The van der Waals surface area contributed by atoms with Crippen molar-refractivity contribution in [1.82, 2.24) is 20.0 Å². The van der Waals surface area contributed by atoms with Crippen LogP contribution in [-0.2, 0) is 11.3 Å². The number of aromatic amines is 1. The molecule has 7 heteroatoms. The number of aryl methyl sites for hydroxylation is 2. The molecule has 1 amide bonds. The topological polar surface area (TPSA) is 75.6 Å². The summed E-state index contributed by atoms with van der Waals surface area (Å²) in [5.74, 6) is 1.03. The predicted octanol–water partition coefficient (Wildman–Crippen LogP) is 3.35. The molecule has 0 fully saturated rings. The number of amides is 1. The van der Waals surface area contributed by atoms with Crippen LogP contribution in [0.5, 0.6) is 0 Å². The van der Waals surface area contributed by atoms with Crippen molar-refractivity contribution >= 4 is 23.5 Å². The van der Waals surface area contributed by atoms with Crippen molar-refractivity contribution < 1.29 is 4.79 Å². The number of hydrogen-bond donors (Lipinski definition) is 2. The minimum atomic E-state index is -0.0165. The molecular weight excluding hydrogens is 346 g/mol. The van der Waals surface area contributed by atoms with E-state index >= 15 is 0 Å². The first-order valence-electron chi connectivity index (χ1n) is 8.58. The van der Waals surface area contributed by atoms with Gasteiger partial charge in [0, 0.05) is 22.5 Å². The first-order valence-corrected chi connectivity index (χ1v) is 9.63. The summed E-state index contributed by atoms with van der Waals surface area (Å²) in [6.07, 6.45) is 0. The van der Waals surface area contributed by atoms with Gasteiger partial charge in [0.05, 0.1) is 23.2 Å². The SMILES string of the molecule is Cc1nn(Cc2ccccc2)c(C)c1[C@@H]1SCC(=O)Nc2n[nH]c(C)c21. The van der Waals surface area contributed by atoms with Crippen molar-refractivity contribution in [3.8, 4) is 0 Å². The summed E-state index contributed by atoms with van der Waals surface area (Å²) in [6, 6.07) is 10.3. The molecule has 0 bridgehead atoms. The Morgan fingerprint density at radius 1 is 1.19 bits per heavy atom. The molecule has 1 aliphatic heterocycles. The lowest BCUT2D eigenvalue weighted by Gasteiger charge is -2.16. The molecule has 134 valence electrons. The van der Waals surface area contributed by atoms with Crippen LogP contribution in [0.4, 0.5) is 5.82 Å². The lowest BCUT2D eigenvalue weighted by Crippen LogP contribution is -2.12. The van der Waals surface area contributed by atoms with Crippen molar-refractivity contribution in [1.29, 1.82) is 0 Å². The molecule has 3 aromatic rings. The third-order valence-corrected chi connectivity index (χ3v) is 6.00. The molecule has 4 rings (SSSR count). The van der Waals surface area contributed by atoms with E-state index in [-0.39, 0.29) is 11.2 Å². The standard InChI is InChI=1S/C19H21N5OS/c1-11-17-18(26-10-15(25)20-19(17)22-21-11)16-12(2)23-24(13(16)3)9-14-7-5-4-6-8-14/h4-8,18H,9-10H2,1-3H3,(H2,20,21,22,25)/t18-/m0/s1. The van der Waals surface area contributed by atoms with Gasteiger partial charge < -0.3 is 5.32 Å². The Bertz CT molecular complexity index is 960. The van der Waals surface area contributed by atoms with Crippen molar-refractivity contribution in [2.24, 2.45) is 0 Å². The van der Waals surface area contributed by atoms with Crippen LogP contribution in [0.2, 0.25) is 0 Å². The number of carbonyl (C=O) groups is 1. The molecule has 1 atom stereocenters. The van der Waals surface area contributed by atoms with Gasteiger partial charge in [0.1, 0.15) is 0 Å². The summed E-state index contributed by atoms with van der Waals surface area (Å²) in [5, 5.41) is 15.0. The Morgan fingerprint density at radius 2 is 1.96 bits per heavy atom. The van der Waals surface area contributed by atoms with Crippen molar-refractivity contribution in [3.63, 3.8) is 0 Å².